The molecule has 7 nitrogen and oxygen atoms in total. The first-order valence-electron chi connectivity index (χ1n) is 7.79. The average Bonchev–Trinajstić information content (AvgIpc) is 2.63. The third kappa shape index (κ3) is 3.46. The number of methoxy groups -OCH3 is 1. The van der Waals surface area contributed by atoms with E-state index in [4.69, 9.17) is 23.7 Å². The molecule has 0 aromatic heterocycles. The van der Waals surface area contributed by atoms with E-state index in [-0.39, 0.29) is 13.2 Å². The van der Waals surface area contributed by atoms with Crippen LogP contribution in [0.3, 0.4) is 0 Å². The largest absolute Gasteiger partial charge is 0.497 e. The third-order valence-electron chi connectivity index (χ3n) is 4.10. The molecule has 2 aliphatic heterocycles. The van der Waals surface area contributed by atoms with Gasteiger partial charge in [-0.25, -0.2) is 0 Å². The Labute approximate surface area is 140 Å². The summed E-state index contributed by atoms with van der Waals surface area (Å²) in [4.78, 5) is 0. The maximum Gasteiger partial charge on any atom is 0.187 e. The molecule has 1 aromatic rings. The van der Waals surface area contributed by atoms with Crippen LogP contribution in [0.25, 0.3) is 0 Å². The van der Waals surface area contributed by atoms with Crippen LogP contribution in [-0.4, -0.2) is 61.2 Å². The number of ether oxygens (including phenoxy) is 5. The molecule has 2 N–H and O–H groups in total. The number of aliphatic hydroxyl groups is 2. The van der Waals surface area contributed by atoms with Crippen LogP contribution in [0.1, 0.15) is 11.9 Å². The van der Waals surface area contributed by atoms with Gasteiger partial charge in [0.15, 0.2) is 12.6 Å². The van der Waals surface area contributed by atoms with E-state index >= 15 is 0 Å². The molecule has 0 unspecified atom stereocenters. The van der Waals surface area contributed by atoms with Crippen LogP contribution in [0, 0.1) is 0 Å². The van der Waals surface area contributed by atoms with E-state index < -0.39 is 37.0 Å². The summed E-state index contributed by atoms with van der Waals surface area (Å²) in [6.45, 7) is 3.98. The normalized spacial score (nSPS) is 36.0. The predicted octanol–water partition coefficient (Wildman–Crippen LogP) is 0.758. The van der Waals surface area contributed by atoms with Crippen LogP contribution in [0.2, 0.25) is 0 Å². The Bertz CT molecular complexity index is 544. The first-order chi connectivity index (χ1) is 11.6. The minimum absolute atomic E-state index is 0.210. The predicted molar refractivity (Wildman–Crippen MR) is 83.4 cm³/mol. The van der Waals surface area contributed by atoms with Gasteiger partial charge in [-0.15, -0.1) is 6.58 Å². The topological polar surface area (TPSA) is 86.6 Å². The van der Waals surface area contributed by atoms with Gasteiger partial charge in [-0.1, -0.05) is 18.2 Å². The number of aliphatic hydroxyl groups excluding tert-OH is 2. The maximum absolute atomic E-state index is 10.4. The molecule has 2 fully saturated rings. The van der Waals surface area contributed by atoms with Crippen LogP contribution in [0.15, 0.2) is 36.9 Å². The Hall–Kier alpha value is -1.48. The number of hydrogen-bond donors (Lipinski definition) is 2. The molecule has 0 radical (unpaired) electrons. The summed E-state index contributed by atoms with van der Waals surface area (Å²) >= 11 is 0. The van der Waals surface area contributed by atoms with Crippen molar-refractivity contribution < 1.29 is 33.9 Å². The van der Waals surface area contributed by atoms with Gasteiger partial charge in [0.2, 0.25) is 0 Å². The van der Waals surface area contributed by atoms with Gasteiger partial charge in [-0.05, 0) is 12.1 Å². The quantitative estimate of drug-likeness (QED) is 0.767. The molecule has 6 atom stereocenters. The summed E-state index contributed by atoms with van der Waals surface area (Å²) in [7, 11) is 1.59. The van der Waals surface area contributed by atoms with Gasteiger partial charge in [0.05, 0.1) is 20.3 Å². The van der Waals surface area contributed by atoms with Crippen molar-refractivity contribution in [3.63, 3.8) is 0 Å². The summed E-state index contributed by atoms with van der Waals surface area (Å²) in [5.41, 5.74) is 0.793. The molecule has 132 valence electrons. The molecule has 0 spiro atoms. The zero-order valence-electron chi connectivity index (χ0n) is 13.4. The molecule has 1 aromatic carbocycles. The lowest BCUT2D eigenvalue weighted by molar-refractivity contribution is -0.360. The highest BCUT2D eigenvalue weighted by Gasteiger charge is 2.49. The van der Waals surface area contributed by atoms with Gasteiger partial charge in [0.1, 0.15) is 30.2 Å². The van der Waals surface area contributed by atoms with E-state index in [0.717, 1.165) is 11.3 Å². The molecule has 2 aliphatic rings. The monoisotopic (exact) mass is 338 g/mol. The van der Waals surface area contributed by atoms with Crippen molar-refractivity contribution in [2.75, 3.05) is 20.3 Å². The molecule has 2 heterocycles. The van der Waals surface area contributed by atoms with E-state index in [1.54, 1.807) is 25.3 Å². The van der Waals surface area contributed by atoms with Crippen molar-refractivity contribution in [3.05, 3.63) is 42.5 Å². The zero-order valence-corrected chi connectivity index (χ0v) is 13.4. The van der Waals surface area contributed by atoms with Crippen molar-refractivity contribution in [1.82, 2.24) is 0 Å². The Kier molecular flexibility index (Phi) is 5.50. The highest BCUT2D eigenvalue weighted by atomic mass is 16.8. The summed E-state index contributed by atoms with van der Waals surface area (Å²) in [6.07, 6.45) is -3.61. The molecule has 0 amide bonds. The fourth-order valence-corrected chi connectivity index (χ4v) is 2.81. The van der Waals surface area contributed by atoms with Crippen LogP contribution in [-0.2, 0) is 18.9 Å². The van der Waals surface area contributed by atoms with Gasteiger partial charge >= 0.3 is 0 Å². The fourth-order valence-electron chi connectivity index (χ4n) is 2.81. The van der Waals surface area contributed by atoms with E-state index in [9.17, 15) is 10.2 Å². The first kappa shape index (κ1) is 17.3. The van der Waals surface area contributed by atoms with Gasteiger partial charge in [0, 0.05) is 5.56 Å². The van der Waals surface area contributed by atoms with Gasteiger partial charge in [-0.2, -0.15) is 0 Å². The highest BCUT2D eigenvalue weighted by molar-refractivity contribution is 5.28. The summed E-state index contributed by atoms with van der Waals surface area (Å²) in [5, 5.41) is 20.5. The molecule has 0 aliphatic carbocycles. The lowest BCUT2D eigenvalue weighted by atomic mass is 9.98. The Morgan fingerprint density at radius 2 is 1.96 bits per heavy atom. The van der Waals surface area contributed by atoms with E-state index in [2.05, 4.69) is 6.58 Å². The molecule has 24 heavy (non-hydrogen) atoms. The number of hydrogen-bond acceptors (Lipinski definition) is 7. The maximum atomic E-state index is 10.4. The smallest absolute Gasteiger partial charge is 0.187 e. The van der Waals surface area contributed by atoms with Gasteiger partial charge in [0.25, 0.3) is 0 Å². The second kappa shape index (κ2) is 7.60. The number of rotatable bonds is 5. The summed E-state index contributed by atoms with van der Waals surface area (Å²) < 4.78 is 27.6. The highest BCUT2D eigenvalue weighted by Crippen LogP contribution is 2.34. The van der Waals surface area contributed by atoms with Crippen molar-refractivity contribution in [1.29, 1.82) is 0 Å². The van der Waals surface area contributed by atoms with Gasteiger partial charge < -0.3 is 33.9 Å². The summed E-state index contributed by atoms with van der Waals surface area (Å²) in [5.74, 6) is 0.728. The van der Waals surface area contributed by atoms with Crippen molar-refractivity contribution in [3.8, 4) is 5.75 Å². The van der Waals surface area contributed by atoms with Crippen LogP contribution >= 0.6 is 0 Å². The van der Waals surface area contributed by atoms with E-state index in [1.807, 2.05) is 12.1 Å². The summed E-state index contributed by atoms with van der Waals surface area (Å²) in [6, 6.07) is 7.25. The molecular weight excluding hydrogens is 316 g/mol. The minimum atomic E-state index is -1.21. The number of benzene rings is 1. The van der Waals surface area contributed by atoms with E-state index in [1.165, 1.54) is 0 Å². The Balaban J connectivity index is 1.67. The SMILES string of the molecule is C=CCO[C@@H]1O[C@@H]2CO[C@@H](c3ccc(OC)cc3)O[C@H]2[C@H](O)[C@H]1O. The van der Waals surface area contributed by atoms with Crippen molar-refractivity contribution in [2.45, 2.75) is 37.0 Å². The molecule has 0 saturated carbocycles. The Morgan fingerprint density at radius 1 is 1.21 bits per heavy atom. The molecule has 7 heteroatoms. The van der Waals surface area contributed by atoms with Crippen molar-refractivity contribution in [2.24, 2.45) is 0 Å². The average molecular weight is 338 g/mol. The first-order valence-corrected chi connectivity index (χ1v) is 7.79. The molecular formula is C17H22O7. The standard InChI is InChI=1S/C17H22O7/c1-3-8-21-17-14(19)13(18)15-12(23-17)9-22-16(24-15)10-4-6-11(20-2)7-5-10/h3-7,12-19H,1,8-9H2,2H3/t12-,13-,14-,15-,16-,17-/m1/s1. The van der Waals surface area contributed by atoms with Gasteiger partial charge in [-0.3, -0.25) is 0 Å². The molecule has 0 bridgehead atoms. The van der Waals surface area contributed by atoms with Crippen molar-refractivity contribution >= 4 is 0 Å². The molecule has 2 saturated heterocycles. The lowest BCUT2D eigenvalue weighted by Gasteiger charge is -2.46. The second-order valence-corrected chi connectivity index (χ2v) is 5.69. The third-order valence-corrected chi connectivity index (χ3v) is 4.10. The lowest BCUT2D eigenvalue weighted by Crippen LogP contribution is -2.62. The van der Waals surface area contributed by atoms with Crippen LogP contribution in [0.5, 0.6) is 5.75 Å². The minimum Gasteiger partial charge on any atom is -0.497 e. The Morgan fingerprint density at radius 3 is 2.62 bits per heavy atom. The second-order valence-electron chi connectivity index (χ2n) is 5.69. The zero-order chi connectivity index (χ0) is 17.1. The molecule has 3 rings (SSSR count). The van der Waals surface area contributed by atoms with Crippen LogP contribution in [0.4, 0.5) is 0 Å². The van der Waals surface area contributed by atoms with E-state index in [0.29, 0.717) is 0 Å². The van der Waals surface area contributed by atoms with Crippen LogP contribution < -0.4 is 4.74 Å². The number of fused-ring (bicyclic) bond motifs is 1. The fraction of sp³-hybridized carbons (Fsp3) is 0.529.